The van der Waals surface area contributed by atoms with Gasteiger partial charge in [-0.05, 0) is 42.8 Å². The van der Waals surface area contributed by atoms with Crippen LogP contribution in [0.1, 0.15) is 18.5 Å². The zero-order chi connectivity index (χ0) is 13.0. The molecule has 0 fully saturated rings. The molecule has 0 radical (unpaired) electrons. The van der Waals surface area contributed by atoms with E-state index in [1.807, 2.05) is 49.5 Å². The fraction of sp³-hybridized carbons (Fsp3) is 0.214. The van der Waals surface area contributed by atoms with Gasteiger partial charge in [0.1, 0.15) is 10.8 Å². The number of nitrogens with two attached hydrogens (primary N) is 1. The van der Waals surface area contributed by atoms with Gasteiger partial charge in [-0.2, -0.15) is 0 Å². The van der Waals surface area contributed by atoms with Gasteiger partial charge >= 0.3 is 0 Å². The summed E-state index contributed by atoms with van der Waals surface area (Å²) in [7, 11) is 1.66. The second-order valence-corrected chi connectivity index (χ2v) is 5.09. The van der Waals surface area contributed by atoms with Gasteiger partial charge in [0.05, 0.1) is 7.11 Å². The number of hydrogen-bond donors (Lipinski definition) is 1. The quantitative estimate of drug-likeness (QED) is 0.916. The molecule has 0 aliphatic heterocycles. The van der Waals surface area contributed by atoms with Gasteiger partial charge in [0.2, 0.25) is 0 Å². The Labute approximate surface area is 111 Å². The van der Waals surface area contributed by atoms with E-state index in [2.05, 4.69) is 4.98 Å². The van der Waals surface area contributed by atoms with Crippen molar-refractivity contribution in [1.29, 1.82) is 0 Å². The van der Waals surface area contributed by atoms with Gasteiger partial charge in [-0.1, -0.05) is 17.8 Å². The highest BCUT2D eigenvalue weighted by Gasteiger charge is 2.02. The lowest BCUT2D eigenvalue weighted by molar-refractivity contribution is 0.414. The summed E-state index contributed by atoms with van der Waals surface area (Å²) in [6.45, 7) is 1.95. The Kier molecular flexibility index (Phi) is 4.23. The fourth-order valence-electron chi connectivity index (χ4n) is 1.49. The lowest BCUT2D eigenvalue weighted by atomic mass is 10.2. The molecule has 0 saturated carbocycles. The fourth-order valence-corrected chi connectivity index (χ4v) is 2.24. The third-order valence-corrected chi connectivity index (χ3v) is 3.53. The maximum absolute atomic E-state index is 5.79. The van der Waals surface area contributed by atoms with Crippen molar-refractivity contribution in [1.82, 2.24) is 4.98 Å². The molecule has 0 aliphatic carbocycles. The van der Waals surface area contributed by atoms with Gasteiger partial charge in [0.15, 0.2) is 0 Å². The molecule has 1 aromatic heterocycles. The Morgan fingerprint density at radius 1 is 1.17 bits per heavy atom. The Morgan fingerprint density at radius 3 is 2.39 bits per heavy atom. The van der Waals surface area contributed by atoms with Crippen molar-refractivity contribution in [2.45, 2.75) is 22.9 Å². The number of aromatic nitrogens is 1. The summed E-state index contributed by atoms with van der Waals surface area (Å²) in [6.07, 6.45) is 1.83. The van der Waals surface area contributed by atoms with E-state index in [4.69, 9.17) is 10.5 Å². The first-order valence-corrected chi connectivity index (χ1v) is 6.54. The summed E-state index contributed by atoms with van der Waals surface area (Å²) in [5.74, 6) is 0.861. The number of ether oxygens (including phenoxy) is 1. The molecular weight excluding hydrogens is 244 g/mol. The number of nitrogens with zero attached hydrogens (tertiary/aromatic N) is 1. The Morgan fingerprint density at radius 2 is 1.89 bits per heavy atom. The van der Waals surface area contributed by atoms with E-state index in [1.165, 1.54) is 0 Å². The number of hydrogen-bond acceptors (Lipinski definition) is 4. The first-order valence-electron chi connectivity index (χ1n) is 5.72. The largest absolute Gasteiger partial charge is 0.497 e. The highest BCUT2D eigenvalue weighted by Crippen LogP contribution is 2.27. The van der Waals surface area contributed by atoms with Crippen molar-refractivity contribution in [3.8, 4) is 5.75 Å². The van der Waals surface area contributed by atoms with Crippen molar-refractivity contribution in [2.24, 2.45) is 5.73 Å². The molecule has 2 N–H and O–H groups in total. The Balaban J connectivity index is 2.08. The minimum atomic E-state index is 0.0255. The minimum Gasteiger partial charge on any atom is -0.497 e. The van der Waals surface area contributed by atoms with Crippen LogP contribution in [-0.2, 0) is 0 Å². The predicted octanol–water partition coefficient (Wildman–Crippen LogP) is 3.26. The highest BCUT2D eigenvalue weighted by molar-refractivity contribution is 7.99. The van der Waals surface area contributed by atoms with Crippen molar-refractivity contribution in [2.75, 3.05) is 7.11 Å². The summed E-state index contributed by atoms with van der Waals surface area (Å²) < 4.78 is 5.12. The van der Waals surface area contributed by atoms with E-state index in [0.29, 0.717) is 0 Å². The number of benzene rings is 1. The topological polar surface area (TPSA) is 48.1 Å². The number of rotatable bonds is 4. The smallest absolute Gasteiger partial charge is 0.118 e. The summed E-state index contributed by atoms with van der Waals surface area (Å²) in [5.41, 5.74) is 6.84. The molecule has 1 heterocycles. The Hall–Kier alpha value is -1.52. The maximum atomic E-state index is 5.79. The second kappa shape index (κ2) is 5.89. The van der Waals surface area contributed by atoms with Crippen LogP contribution >= 0.6 is 11.8 Å². The van der Waals surface area contributed by atoms with Gasteiger partial charge in [0.25, 0.3) is 0 Å². The van der Waals surface area contributed by atoms with Crippen LogP contribution in [0, 0.1) is 0 Å². The monoisotopic (exact) mass is 260 g/mol. The number of pyridine rings is 1. The molecule has 18 heavy (non-hydrogen) atoms. The van der Waals surface area contributed by atoms with Gasteiger partial charge in [0, 0.05) is 17.1 Å². The van der Waals surface area contributed by atoms with Crippen LogP contribution in [0.4, 0.5) is 0 Å². The van der Waals surface area contributed by atoms with Crippen molar-refractivity contribution in [3.63, 3.8) is 0 Å². The van der Waals surface area contributed by atoms with E-state index in [0.717, 1.165) is 21.2 Å². The molecule has 0 bridgehead atoms. The standard InChI is InChI=1S/C14H16N2OS/c1-10(15)11-3-8-14(16-9-11)18-13-6-4-12(17-2)5-7-13/h3-10H,15H2,1-2H3/t10-/m1/s1. The van der Waals surface area contributed by atoms with Crippen molar-refractivity contribution < 1.29 is 4.74 Å². The molecular formula is C14H16N2OS. The summed E-state index contributed by atoms with van der Waals surface area (Å²) >= 11 is 1.62. The molecule has 0 aliphatic rings. The lowest BCUT2D eigenvalue weighted by Crippen LogP contribution is -2.04. The minimum absolute atomic E-state index is 0.0255. The highest BCUT2D eigenvalue weighted by atomic mass is 32.2. The first kappa shape index (κ1) is 12.9. The first-order chi connectivity index (χ1) is 8.69. The molecule has 0 amide bonds. The van der Waals surface area contributed by atoms with Crippen LogP contribution in [0.5, 0.6) is 5.75 Å². The van der Waals surface area contributed by atoms with Gasteiger partial charge < -0.3 is 10.5 Å². The molecule has 94 valence electrons. The van der Waals surface area contributed by atoms with Gasteiger partial charge in [-0.3, -0.25) is 0 Å². The molecule has 2 aromatic rings. The molecule has 4 heteroatoms. The van der Waals surface area contributed by atoms with Crippen LogP contribution in [0.3, 0.4) is 0 Å². The average Bonchev–Trinajstić information content (AvgIpc) is 2.40. The SMILES string of the molecule is COc1ccc(Sc2ccc([C@@H](C)N)cn2)cc1. The summed E-state index contributed by atoms with van der Waals surface area (Å²) in [6, 6.07) is 12.0. The van der Waals surface area contributed by atoms with Crippen LogP contribution in [0.15, 0.2) is 52.5 Å². The van der Waals surface area contributed by atoms with E-state index < -0.39 is 0 Å². The maximum Gasteiger partial charge on any atom is 0.118 e. The third kappa shape index (κ3) is 3.24. The average molecular weight is 260 g/mol. The molecule has 1 atom stereocenters. The van der Waals surface area contributed by atoms with E-state index in [-0.39, 0.29) is 6.04 Å². The third-order valence-electron chi connectivity index (χ3n) is 2.57. The molecule has 0 spiro atoms. The van der Waals surface area contributed by atoms with Crippen LogP contribution in [0.2, 0.25) is 0 Å². The summed E-state index contributed by atoms with van der Waals surface area (Å²) in [4.78, 5) is 5.53. The normalized spacial score (nSPS) is 12.2. The molecule has 0 unspecified atom stereocenters. The Bertz CT molecular complexity index is 494. The molecule has 1 aromatic carbocycles. The number of methoxy groups -OCH3 is 1. The van der Waals surface area contributed by atoms with Crippen LogP contribution in [-0.4, -0.2) is 12.1 Å². The van der Waals surface area contributed by atoms with E-state index in [9.17, 15) is 0 Å². The molecule has 2 rings (SSSR count). The van der Waals surface area contributed by atoms with Crippen molar-refractivity contribution in [3.05, 3.63) is 48.2 Å². The predicted molar refractivity (Wildman–Crippen MR) is 74.0 cm³/mol. The van der Waals surface area contributed by atoms with Crippen molar-refractivity contribution >= 4 is 11.8 Å². The zero-order valence-electron chi connectivity index (χ0n) is 10.5. The zero-order valence-corrected chi connectivity index (χ0v) is 11.3. The molecule has 3 nitrogen and oxygen atoms in total. The van der Waals surface area contributed by atoms with Gasteiger partial charge in [-0.15, -0.1) is 0 Å². The second-order valence-electron chi connectivity index (χ2n) is 4.00. The van der Waals surface area contributed by atoms with E-state index >= 15 is 0 Å². The van der Waals surface area contributed by atoms with Crippen LogP contribution < -0.4 is 10.5 Å². The van der Waals surface area contributed by atoms with Gasteiger partial charge in [-0.25, -0.2) is 4.98 Å². The van der Waals surface area contributed by atoms with Crippen LogP contribution in [0.25, 0.3) is 0 Å². The summed E-state index contributed by atoms with van der Waals surface area (Å²) in [5, 5.41) is 0.963. The molecule has 0 saturated heterocycles. The lowest BCUT2D eigenvalue weighted by Gasteiger charge is -2.06. The van der Waals surface area contributed by atoms with E-state index in [1.54, 1.807) is 18.9 Å².